The van der Waals surface area contributed by atoms with Crippen LogP contribution in [-0.4, -0.2) is 70.9 Å². The molecule has 2 N–H and O–H groups in total. The van der Waals surface area contributed by atoms with Gasteiger partial charge in [-0.25, -0.2) is 0 Å². The molecule has 212 valence electrons. The summed E-state index contributed by atoms with van der Waals surface area (Å²) >= 11 is 0. The van der Waals surface area contributed by atoms with Crippen LogP contribution in [0.25, 0.3) is 0 Å². The fourth-order valence-electron chi connectivity index (χ4n) is 6.85. The second kappa shape index (κ2) is 11.2. The van der Waals surface area contributed by atoms with Gasteiger partial charge in [0.2, 0.25) is 5.91 Å². The smallest absolute Gasteiger partial charge is 0.253 e. The molecule has 7 heteroatoms. The van der Waals surface area contributed by atoms with Crippen LogP contribution in [0, 0.1) is 13.8 Å². The Labute approximate surface area is 238 Å². The Morgan fingerprint density at radius 3 is 2.48 bits per heavy atom. The first-order valence-electron chi connectivity index (χ1n) is 14.4. The molecule has 1 aromatic carbocycles. The molecule has 0 bridgehead atoms. The normalized spacial score (nSPS) is 24.1. The number of likely N-dealkylation sites (tertiary alicyclic amines) is 1. The number of hydrogen-bond acceptors (Lipinski definition) is 5. The molecule has 0 spiro atoms. The van der Waals surface area contributed by atoms with Gasteiger partial charge < -0.3 is 20.1 Å². The summed E-state index contributed by atoms with van der Waals surface area (Å²) in [7, 11) is 4.35. The molecule has 40 heavy (non-hydrogen) atoms. The number of pyridine rings is 1. The van der Waals surface area contributed by atoms with Crippen molar-refractivity contribution < 1.29 is 4.79 Å². The lowest BCUT2D eigenvalue weighted by atomic mass is 9.76. The maximum absolute atomic E-state index is 14.3. The quantitative estimate of drug-likeness (QED) is 0.555. The van der Waals surface area contributed by atoms with Gasteiger partial charge in [0.25, 0.3) is 5.56 Å². The Kier molecular flexibility index (Phi) is 7.89. The average Bonchev–Trinajstić information content (AvgIpc) is 3.33. The fourth-order valence-corrected chi connectivity index (χ4v) is 6.85. The number of aromatic nitrogens is 1. The van der Waals surface area contributed by atoms with E-state index in [0.29, 0.717) is 11.6 Å². The van der Waals surface area contributed by atoms with Crippen molar-refractivity contribution in [1.29, 1.82) is 0 Å². The molecule has 1 saturated heterocycles. The van der Waals surface area contributed by atoms with E-state index in [2.05, 4.69) is 71.3 Å². The number of nitrogens with one attached hydrogen (secondary N) is 2. The lowest BCUT2D eigenvalue weighted by Gasteiger charge is -2.46. The highest BCUT2D eigenvalue weighted by atomic mass is 16.2. The van der Waals surface area contributed by atoms with Crippen molar-refractivity contribution >= 4 is 5.91 Å². The Morgan fingerprint density at radius 1 is 1.12 bits per heavy atom. The van der Waals surface area contributed by atoms with Crippen LogP contribution in [-0.2, 0) is 16.8 Å². The van der Waals surface area contributed by atoms with Gasteiger partial charge in [0, 0.05) is 54.9 Å². The van der Waals surface area contributed by atoms with Crippen molar-refractivity contribution in [3.63, 3.8) is 0 Å². The Balaban J connectivity index is 1.45. The number of amides is 1. The summed E-state index contributed by atoms with van der Waals surface area (Å²) in [5, 5.41) is 3.14. The zero-order chi connectivity index (χ0) is 28.6. The van der Waals surface area contributed by atoms with Gasteiger partial charge in [-0.3, -0.25) is 14.5 Å². The van der Waals surface area contributed by atoms with E-state index < -0.39 is 5.41 Å². The number of benzene rings is 1. The predicted molar refractivity (Wildman–Crippen MR) is 161 cm³/mol. The molecule has 3 aliphatic heterocycles. The summed E-state index contributed by atoms with van der Waals surface area (Å²) in [6.07, 6.45) is 10.8. The van der Waals surface area contributed by atoms with Gasteiger partial charge in [-0.15, -0.1) is 0 Å². The number of fused-ring (bicyclic) bond motifs is 1. The molecule has 3 unspecified atom stereocenters. The standard InChI is InChI=1S/C33H43N5O2/c1-22-12-13-29-33(26-10-8-7-9-11-26,32(40)34-21-28-23(2)20-24(3)35-31(28)39)16-19-38(29)30(22)25(4)37-17-14-27(15-18-37)36(5)6/h7-13,16,19-20,25,27,30H,14-15,17-18,21H2,1-6H3,(H,34,40)(H,35,39). The minimum absolute atomic E-state index is 0.130. The molecular formula is C33H43N5O2. The van der Waals surface area contributed by atoms with Crippen molar-refractivity contribution in [2.75, 3.05) is 27.2 Å². The fraction of sp³-hybridized carbons (Fsp3) is 0.455. The highest BCUT2D eigenvalue weighted by Gasteiger charge is 2.50. The van der Waals surface area contributed by atoms with Crippen LogP contribution >= 0.6 is 0 Å². The Bertz CT molecular complexity index is 1400. The zero-order valence-electron chi connectivity index (χ0n) is 24.7. The number of hydrogen-bond donors (Lipinski definition) is 2. The van der Waals surface area contributed by atoms with Gasteiger partial charge in [0.15, 0.2) is 0 Å². The van der Waals surface area contributed by atoms with E-state index in [1.165, 1.54) is 18.4 Å². The van der Waals surface area contributed by atoms with E-state index in [4.69, 9.17) is 0 Å². The van der Waals surface area contributed by atoms with Crippen molar-refractivity contribution in [3.05, 3.63) is 105 Å². The molecule has 1 fully saturated rings. The minimum atomic E-state index is -0.986. The molecule has 1 aromatic heterocycles. The van der Waals surface area contributed by atoms with Crippen LogP contribution in [0.5, 0.6) is 0 Å². The van der Waals surface area contributed by atoms with Gasteiger partial charge in [-0.05, 0) is 89.6 Å². The van der Waals surface area contributed by atoms with E-state index in [1.807, 2.05) is 56.3 Å². The van der Waals surface area contributed by atoms with Crippen LogP contribution in [0.15, 0.2) is 76.9 Å². The highest BCUT2D eigenvalue weighted by molar-refractivity contribution is 5.95. The summed E-state index contributed by atoms with van der Waals surface area (Å²) in [5.41, 5.74) is 4.30. The Morgan fingerprint density at radius 2 is 1.82 bits per heavy atom. The number of aryl methyl sites for hydroxylation is 2. The maximum Gasteiger partial charge on any atom is 0.253 e. The summed E-state index contributed by atoms with van der Waals surface area (Å²) in [4.78, 5) is 37.1. The van der Waals surface area contributed by atoms with Gasteiger partial charge in [0.05, 0.1) is 6.04 Å². The summed E-state index contributed by atoms with van der Waals surface area (Å²) in [6.45, 7) is 10.6. The van der Waals surface area contributed by atoms with Crippen LogP contribution in [0.1, 0.15) is 49.1 Å². The van der Waals surface area contributed by atoms with Crippen LogP contribution in [0.3, 0.4) is 0 Å². The Hall–Kier alpha value is -3.42. The molecule has 7 nitrogen and oxygen atoms in total. The second-order valence-electron chi connectivity index (χ2n) is 11.9. The average molecular weight is 542 g/mol. The van der Waals surface area contributed by atoms with E-state index in [9.17, 15) is 9.59 Å². The number of aromatic amines is 1. The second-order valence-corrected chi connectivity index (χ2v) is 11.9. The van der Waals surface area contributed by atoms with E-state index in [-0.39, 0.29) is 30.1 Å². The molecular weight excluding hydrogens is 498 g/mol. The number of piperidine rings is 1. The van der Waals surface area contributed by atoms with Gasteiger partial charge in [-0.2, -0.15) is 0 Å². The van der Waals surface area contributed by atoms with Crippen molar-refractivity contribution in [1.82, 2.24) is 25.0 Å². The summed E-state index contributed by atoms with van der Waals surface area (Å²) in [5.74, 6) is -0.130. The van der Waals surface area contributed by atoms with Crippen LogP contribution in [0.2, 0.25) is 0 Å². The number of rotatable bonds is 7. The first-order chi connectivity index (χ1) is 19.1. The lowest BCUT2D eigenvalue weighted by Crippen LogP contribution is -2.55. The number of allylic oxidation sites excluding steroid dienone is 2. The number of H-pyrrole nitrogens is 1. The zero-order valence-corrected chi connectivity index (χ0v) is 24.7. The van der Waals surface area contributed by atoms with Gasteiger partial charge in [0.1, 0.15) is 5.41 Å². The first-order valence-corrected chi connectivity index (χ1v) is 14.4. The highest BCUT2D eigenvalue weighted by Crippen LogP contribution is 2.45. The van der Waals surface area contributed by atoms with E-state index >= 15 is 0 Å². The lowest BCUT2D eigenvalue weighted by molar-refractivity contribution is -0.124. The molecule has 1 amide bonds. The molecule has 0 radical (unpaired) electrons. The largest absolute Gasteiger partial charge is 0.350 e. The third-order valence-corrected chi connectivity index (χ3v) is 9.21. The number of nitrogens with zero attached hydrogens (tertiary/aromatic N) is 3. The minimum Gasteiger partial charge on any atom is -0.350 e. The van der Waals surface area contributed by atoms with Gasteiger partial charge >= 0.3 is 0 Å². The van der Waals surface area contributed by atoms with E-state index in [1.54, 1.807) is 0 Å². The van der Waals surface area contributed by atoms with Crippen LogP contribution < -0.4 is 10.9 Å². The molecule has 3 aliphatic rings. The SMILES string of the molecule is CC1=CC=C2N(C=CC2(C(=O)NCc2c(C)cc(C)[nH]c2=O)c2ccccc2)C1C(C)N1CCC(N(C)C)CC1. The van der Waals surface area contributed by atoms with E-state index in [0.717, 1.165) is 35.6 Å². The number of carbonyl (C=O) groups excluding carboxylic acids is 1. The molecule has 0 saturated carbocycles. The van der Waals surface area contributed by atoms with Crippen LogP contribution in [0.4, 0.5) is 0 Å². The molecule has 3 atom stereocenters. The monoisotopic (exact) mass is 541 g/mol. The maximum atomic E-state index is 14.3. The number of carbonyl (C=O) groups is 1. The van der Waals surface area contributed by atoms with Crippen molar-refractivity contribution in [2.45, 2.75) is 70.6 Å². The molecule has 2 aromatic rings. The molecule has 0 aliphatic carbocycles. The third-order valence-electron chi connectivity index (χ3n) is 9.21. The predicted octanol–water partition coefficient (Wildman–Crippen LogP) is 4.00. The first kappa shape index (κ1) is 28.1. The third kappa shape index (κ3) is 4.97. The topological polar surface area (TPSA) is 71.7 Å². The summed E-state index contributed by atoms with van der Waals surface area (Å²) in [6, 6.07) is 13.0. The molecule has 4 heterocycles. The van der Waals surface area contributed by atoms with Gasteiger partial charge in [-0.1, -0.05) is 36.4 Å². The molecule has 5 rings (SSSR count). The van der Waals surface area contributed by atoms with Crippen molar-refractivity contribution in [2.24, 2.45) is 0 Å². The van der Waals surface area contributed by atoms with Crippen molar-refractivity contribution in [3.8, 4) is 0 Å². The summed E-state index contributed by atoms with van der Waals surface area (Å²) < 4.78 is 0.